The summed E-state index contributed by atoms with van der Waals surface area (Å²) in [4.78, 5) is 0. The molecule has 0 heterocycles. The summed E-state index contributed by atoms with van der Waals surface area (Å²) < 4.78 is 36.0. The van der Waals surface area contributed by atoms with Crippen molar-refractivity contribution in [1.29, 1.82) is 0 Å². The number of alkyl halides is 3. The SMILES string of the molecule is Cc1ccc(C(N)CCC(F)(F)F)cc1Cl. The van der Waals surface area contributed by atoms with Gasteiger partial charge in [0.2, 0.25) is 0 Å². The standard InChI is InChI=1S/C11H13ClF3N/c1-7-2-3-8(6-9(7)12)10(16)4-5-11(13,14)15/h2-3,6,10H,4-5,16H2,1H3. The van der Waals surface area contributed by atoms with Gasteiger partial charge in [0.25, 0.3) is 0 Å². The molecule has 90 valence electrons. The Morgan fingerprint density at radius 1 is 1.38 bits per heavy atom. The van der Waals surface area contributed by atoms with Crippen LogP contribution in [0.2, 0.25) is 5.02 Å². The zero-order chi connectivity index (χ0) is 12.3. The maximum absolute atomic E-state index is 12.0. The lowest BCUT2D eigenvalue weighted by Crippen LogP contribution is -2.15. The molecule has 0 spiro atoms. The van der Waals surface area contributed by atoms with Crippen molar-refractivity contribution in [1.82, 2.24) is 0 Å². The lowest BCUT2D eigenvalue weighted by atomic mass is 10.0. The Hall–Kier alpha value is -0.740. The topological polar surface area (TPSA) is 26.0 Å². The highest BCUT2D eigenvalue weighted by Gasteiger charge is 2.27. The Morgan fingerprint density at radius 2 is 2.00 bits per heavy atom. The van der Waals surface area contributed by atoms with Gasteiger partial charge in [-0.05, 0) is 30.5 Å². The van der Waals surface area contributed by atoms with E-state index in [1.54, 1.807) is 18.2 Å². The Balaban J connectivity index is 2.66. The van der Waals surface area contributed by atoms with Crippen LogP contribution in [0.5, 0.6) is 0 Å². The molecule has 0 aromatic heterocycles. The molecule has 1 atom stereocenters. The van der Waals surface area contributed by atoms with E-state index in [1.165, 1.54) is 0 Å². The summed E-state index contributed by atoms with van der Waals surface area (Å²) >= 11 is 5.87. The van der Waals surface area contributed by atoms with Crippen LogP contribution in [0.3, 0.4) is 0 Å². The molecule has 0 saturated heterocycles. The number of hydrogen-bond acceptors (Lipinski definition) is 1. The van der Waals surface area contributed by atoms with Crippen LogP contribution in [-0.4, -0.2) is 6.18 Å². The first-order valence-electron chi connectivity index (χ1n) is 4.88. The lowest BCUT2D eigenvalue weighted by Gasteiger charge is -2.14. The molecule has 0 saturated carbocycles. The summed E-state index contributed by atoms with van der Waals surface area (Å²) in [6.45, 7) is 1.83. The highest BCUT2D eigenvalue weighted by Crippen LogP contribution is 2.28. The molecule has 0 amide bonds. The van der Waals surface area contributed by atoms with E-state index in [0.29, 0.717) is 10.6 Å². The Kier molecular flexibility index (Phi) is 4.21. The second kappa shape index (κ2) is 5.06. The van der Waals surface area contributed by atoms with Gasteiger partial charge in [-0.1, -0.05) is 23.7 Å². The van der Waals surface area contributed by atoms with Gasteiger partial charge >= 0.3 is 6.18 Å². The zero-order valence-corrected chi connectivity index (χ0v) is 9.57. The van der Waals surface area contributed by atoms with Gasteiger partial charge in [0, 0.05) is 17.5 Å². The number of nitrogens with two attached hydrogens (primary N) is 1. The third-order valence-corrected chi connectivity index (χ3v) is 2.77. The molecule has 5 heteroatoms. The molecule has 0 bridgehead atoms. The average Bonchev–Trinajstić information content (AvgIpc) is 2.17. The predicted octanol–water partition coefficient (Wildman–Crippen LogP) is 3.99. The highest BCUT2D eigenvalue weighted by molar-refractivity contribution is 6.31. The third kappa shape index (κ3) is 4.02. The number of benzene rings is 1. The molecule has 1 unspecified atom stereocenters. The van der Waals surface area contributed by atoms with E-state index in [0.717, 1.165) is 5.56 Å². The fourth-order valence-electron chi connectivity index (χ4n) is 1.33. The minimum Gasteiger partial charge on any atom is -0.324 e. The second-order valence-electron chi connectivity index (χ2n) is 3.77. The van der Waals surface area contributed by atoms with Crippen LogP contribution in [0.1, 0.15) is 30.0 Å². The van der Waals surface area contributed by atoms with Crippen molar-refractivity contribution >= 4 is 11.6 Å². The van der Waals surface area contributed by atoms with E-state index >= 15 is 0 Å². The summed E-state index contributed by atoms with van der Waals surface area (Å²) in [7, 11) is 0. The summed E-state index contributed by atoms with van der Waals surface area (Å²) in [5, 5.41) is 0.528. The van der Waals surface area contributed by atoms with Crippen LogP contribution in [0, 0.1) is 6.92 Å². The van der Waals surface area contributed by atoms with Crippen molar-refractivity contribution in [2.24, 2.45) is 5.73 Å². The predicted molar refractivity (Wildman–Crippen MR) is 58.4 cm³/mol. The van der Waals surface area contributed by atoms with Gasteiger partial charge in [0.1, 0.15) is 0 Å². The van der Waals surface area contributed by atoms with Crippen molar-refractivity contribution in [2.75, 3.05) is 0 Å². The zero-order valence-electron chi connectivity index (χ0n) is 8.81. The molecule has 1 aromatic carbocycles. The van der Waals surface area contributed by atoms with Gasteiger partial charge in [-0.2, -0.15) is 13.2 Å². The minimum atomic E-state index is -4.16. The van der Waals surface area contributed by atoms with Gasteiger partial charge in [0.15, 0.2) is 0 Å². The summed E-state index contributed by atoms with van der Waals surface area (Å²) in [6.07, 6.45) is -5.16. The highest BCUT2D eigenvalue weighted by atomic mass is 35.5. The molecule has 0 aliphatic rings. The molecule has 1 nitrogen and oxygen atoms in total. The van der Waals surface area contributed by atoms with E-state index < -0.39 is 18.6 Å². The first-order chi connectivity index (χ1) is 7.29. The summed E-state index contributed by atoms with van der Waals surface area (Å²) in [5.74, 6) is 0. The van der Waals surface area contributed by atoms with Gasteiger partial charge in [0.05, 0.1) is 0 Å². The van der Waals surface area contributed by atoms with Crippen molar-refractivity contribution in [3.8, 4) is 0 Å². The van der Waals surface area contributed by atoms with Gasteiger partial charge in [-0.25, -0.2) is 0 Å². The van der Waals surface area contributed by atoms with E-state index in [2.05, 4.69) is 0 Å². The maximum Gasteiger partial charge on any atom is 0.389 e. The Labute approximate surface area is 97.4 Å². The second-order valence-corrected chi connectivity index (χ2v) is 4.18. The molecule has 0 aliphatic carbocycles. The third-order valence-electron chi connectivity index (χ3n) is 2.36. The molecule has 1 aromatic rings. The number of rotatable bonds is 3. The molecule has 0 fully saturated rings. The quantitative estimate of drug-likeness (QED) is 0.864. The maximum atomic E-state index is 12.0. The number of halogens is 4. The van der Waals surface area contributed by atoms with E-state index in [-0.39, 0.29) is 6.42 Å². The van der Waals surface area contributed by atoms with E-state index in [4.69, 9.17) is 17.3 Å². The van der Waals surface area contributed by atoms with Gasteiger partial charge < -0.3 is 5.73 Å². The molecule has 0 aliphatic heterocycles. The number of hydrogen-bond donors (Lipinski definition) is 1. The van der Waals surface area contributed by atoms with Crippen LogP contribution in [0.25, 0.3) is 0 Å². The largest absolute Gasteiger partial charge is 0.389 e. The Morgan fingerprint density at radius 3 is 2.50 bits per heavy atom. The fourth-order valence-corrected chi connectivity index (χ4v) is 1.51. The first-order valence-corrected chi connectivity index (χ1v) is 5.26. The van der Waals surface area contributed by atoms with Crippen LogP contribution < -0.4 is 5.73 Å². The van der Waals surface area contributed by atoms with E-state index in [9.17, 15) is 13.2 Å². The van der Waals surface area contributed by atoms with E-state index in [1.807, 2.05) is 6.92 Å². The molecular formula is C11H13ClF3N. The number of aryl methyl sites for hydroxylation is 1. The molecule has 0 radical (unpaired) electrons. The van der Waals surface area contributed by atoms with Crippen LogP contribution >= 0.6 is 11.6 Å². The summed E-state index contributed by atoms with van der Waals surface area (Å²) in [5.41, 5.74) is 7.18. The van der Waals surface area contributed by atoms with Gasteiger partial charge in [-0.15, -0.1) is 0 Å². The summed E-state index contributed by atoms with van der Waals surface area (Å²) in [6, 6.07) is 4.46. The molecule has 2 N–H and O–H groups in total. The smallest absolute Gasteiger partial charge is 0.324 e. The molecular weight excluding hydrogens is 239 g/mol. The van der Waals surface area contributed by atoms with Crippen LogP contribution in [-0.2, 0) is 0 Å². The monoisotopic (exact) mass is 251 g/mol. The van der Waals surface area contributed by atoms with Crippen molar-refractivity contribution in [3.63, 3.8) is 0 Å². The average molecular weight is 252 g/mol. The van der Waals surface area contributed by atoms with Crippen LogP contribution in [0.15, 0.2) is 18.2 Å². The first kappa shape index (κ1) is 13.3. The van der Waals surface area contributed by atoms with Crippen molar-refractivity contribution in [2.45, 2.75) is 32.0 Å². The molecule has 16 heavy (non-hydrogen) atoms. The fraction of sp³-hybridized carbons (Fsp3) is 0.455. The van der Waals surface area contributed by atoms with Gasteiger partial charge in [-0.3, -0.25) is 0 Å². The normalized spacial score (nSPS) is 13.9. The molecule has 1 rings (SSSR count). The van der Waals surface area contributed by atoms with Crippen molar-refractivity contribution in [3.05, 3.63) is 34.3 Å². The Bertz CT molecular complexity index is 363. The lowest BCUT2D eigenvalue weighted by molar-refractivity contribution is -0.136. The van der Waals surface area contributed by atoms with Crippen LogP contribution in [0.4, 0.5) is 13.2 Å². The van der Waals surface area contributed by atoms with Crippen molar-refractivity contribution < 1.29 is 13.2 Å². The minimum absolute atomic E-state index is 0.122.